The van der Waals surface area contributed by atoms with Crippen LogP contribution in [0.15, 0.2) is 40.2 Å². The Hall–Kier alpha value is -2.87. The summed E-state index contributed by atoms with van der Waals surface area (Å²) < 4.78 is 3.94. The lowest BCUT2D eigenvalue weighted by molar-refractivity contribution is 0.168. The van der Waals surface area contributed by atoms with Gasteiger partial charge in [0.15, 0.2) is 11.2 Å². The fourth-order valence-electron chi connectivity index (χ4n) is 2.73. The van der Waals surface area contributed by atoms with Crippen LogP contribution in [-0.4, -0.2) is 36.4 Å². The van der Waals surface area contributed by atoms with Gasteiger partial charge in [-0.25, -0.2) is 9.78 Å². The molecule has 0 bridgehead atoms. The fourth-order valence-corrected chi connectivity index (χ4v) is 2.73. The first-order valence-electron chi connectivity index (χ1n) is 7.98. The van der Waals surface area contributed by atoms with Gasteiger partial charge in [0.2, 0.25) is 0 Å². The third-order valence-corrected chi connectivity index (χ3v) is 4.22. The van der Waals surface area contributed by atoms with Gasteiger partial charge in [-0.15, -0.1) is 0 Å². The number of fused-ring (bicyclic) bond motifs is 1. The summed E-state index contributed by atoms with van der Waals surface area (Å²) in [6.07, 6.45) is 0.751. The summed E-state index contributed by atoms with van der Waals surface area (Å²) in [5, 5.41) is 13.4. The van der Waals surface area contributed by atoms with E-state index in [1.54, 1.807) is 11.6 Å². The highest BCUT2D eigenvalue weighted by molar-refractivity contribution is 5.69. The van der Waals surface area contributed by atoms with Gasteiger partial charge in [0.25, 0.3) is 5.56 Å². The van der Waals surface area contributed by atoms with Crippen molar-refractivity contribution < 1.29 is 5.11 Å². The molecule has 3 aromatic rings. The van der Waals surface area contributed by atoms with E-state index in [0.29, 0.717) is 17.7 Å². The highest BCUT2D eigenvalue weighted by Crippen LogP contribution is 2.10. The van der Waals surface area contributed by atoms with Crippen LogP contribution in [0.1, 0.15) is 5.56 Å². The van der Waals surface area contributed by atoms with Crippen LogP contribution in [0.5, 0.6) is 0 Å². The van der Waals surface area contributed by atoms with Crippen molar-refractivity contribution in [3.8, 4) is 0 Å². The van der Waals surface area contributed by atoms with Crippen LogP contribution < -0.4 is 16.6 Å². The normalized spacial score (nSPS) is 12.5. The lowest BCUT2D eigenvalue weighted by Gasteiger charge is -2.14. The van der Waals surface area contributed by atoms with Crippen LogP contribution in [0, 0.1) is 6.92 Å². The molecule has 0 amide bonds. The highest BCUT2D eigenvalue weighted by atomic mass is 16.3. The minimum absolute atomic E-state index is 0.197. The Labute approximate surface area is 144 Å². The van der Waals surface area contributed by atoms with E-state index >= 15 is 0 Å². The number of aliphatic hydroxyl groups excluding tert-OH is 1. The summed E-state index contributed by atoms with van der Waals surface area (Å²) in [4.78, 5) is 28.4. The first-order valence-corrected chi connectivity index (χ1v) is 7.98. The molecule has 2 aromatic heterocycles. The van der Waals surface area contributed by atoms with Gasteiger partial charge in [-0.2, -0.15) is 0 Å². The first-order chi connectivity index (χ1) is 11.9. The second kappa shape index (κ2) is 6.56. The molecular formula is C17H21N5O3. The number of nitrogens with one attached hydrogen (secondary N) is 1. The van der Waals surface area contributed by atoms with E-state index in [0.717, 1.165) is 15.8 Å². The van der Waals surface area contributed by atoms with Crippen molar-refractivity contribution in [1.82, 2.24) is 18.7 Å². The van der Waals surface area contributed by atoms with Crippen molar-refractivity contribution in [3.63, 3.8) is 0 Å². The quantitative estimate of drug-likeness (QED) is 0.691. The molecule has 1 aromatic carbocycles. The van der Waals surface area contributed by atoms with E-state index in [1.165, 1.54) is 17.9 Å². The zero-order valence-corrected chi connectivity index (χ0v) is 14.4. The molecule has 25 heavy (non-hydrogen) atoms. The van der Waals surface area contributed by atoms with Gasteiger partial charge < -0.3 is 15.0 Å². The molecule has 8 nitrogen and oxygen atoms in total. The van der Waals surface area contributed by atoms with Gasteiger partial charge in [0.05, 0.1) is 19.0 Å². The van der Waals surface area contributed by atoms with Crippen LogP contribution >= 0.6 is 0 Å². The minimum atomic E-state index is -0.722. The molecule has 0 unspecified atom stereocenters. The maximum atomic E-state index is 12.4. The predicted octanol–water partition coefficient (Wildman–Crippen LogP) is 0.215. The summed E-state index contributed by atoms with van der Waals surface area (Å²) >= 11 is 0. The number of imidazole rings is 1. The molecule has 0 fully saturated rings. The molecular weight excluding hydrogens is 322 g/mol. The Balaban J connectivity index is 1.80. The fraction of sp³-hybridized carbons (Fsp3) is 0.353. The second-order valence-electron chi connectivity index (χ2n) is 6.18. The van der Waals surface area contributed by atoms with Crippen LogP contribution in [0.4, 0.5) is 5.69 Å². The summed E-state index contributed by atoms with van der Waals surface area (Å²) in [6.45, 7) is 2.54. The summed E-state index contributed by atoms with van der Waals surface area (Å²) in [5.41, 5.74) is 1.85. The Morgan fingerprint density at radius 2 is 1.84 bits per heavy atom. The molecule has 0 saturated carbocycles. The zero-order valence-electron chi connectivity index (χ0n) is 14.4. The second-order valence-corrected chi connectivity index (χ2v) is 6.18. The standard InChI is InChI=1S/C17H21N5O3/c1-11-4-6-12(7-5-11)18-8-13(23)9-22-10-19-15-14(22)16(24)21(3)17(25)20(15)2/h4-7,10,13,18,23H,8-9H2,1-3H3/t13-/m0/s1. The number of aryl methyl sites for hydroxylation is 2. The van der Waals surface area contributed by atoms with E-state index < -0.39 is 17.4 Å². The van der Waals surface area contributed by atoms with E-state index in [4.69, 9.17) is 0 Å². The lowest BCUT2D eigenvalue weighted by Crippen LogP contribution is -2.38. The SMILES string of the molecule is Cc1ccc(NC[C@H](O)Cn2cnc3c2c(=O)n(C)c(=O)n3C)cc1. The van der Waals surface area contributed by atoms with Gasteiger partial charge in [-0.1, -0.05) is 17.7 Å². The average molecular weight is 343 g/mol. The molecule has 0 radical (unpaired) electrons. The summed E-state index contributed by atoms with van der Waals surface area (Å²) in [7, 11) is 2.99. The molecule has 0 aliphatic rings. The molecule has 3 rings (SSSR count). The van der Waals surface area contributed by atoms with Crippen LogP contribution in [-0.2, 0) is 20.6 Å². The Kier molecular flexibility index (Phi) is 4.45. The van der Waals surface area contributed by atoms with Gasteiger partial charge >= 0.3 is 5.69 Å². The molecule has 0 saturated heterocycles. The van der Waals surface area contributed by atoms with Gasteiger partial charge in [0.1, 0.15) is 0 Å². The maximum Gasteiger partial charge on any atom is 0.332 e. The third kappa shape index (κ3) is 3.20. The molecule has 0 aliphatic carbocycles. The number of benzene rings is 1. The van der Waals surface area contributed by atoms with E-state index in [1.807, 2.05) is 31.2 Å². The Morgan fingerprint density at radius 1 is 1.16 bits per heavy atom. The molecule has 1 atom stereocenters. The summed E-state index contributed by atoms with van der Waals surface area (Å²) in [6, 6.07) is 7.87. The van der Waals surface area contributed by atoms with Crippen molar-refractivity contribution in [2.24, 2.45) is 14.1 Å². The molecule has 8 heteroatoms. The van der Waals surface area contributed by atoms with Crippen LogP contribution in [0.3, 0.4) is 0 Å². The topological polar surface area (TPSA) is 94.1 Å². The Bertz CT molecular complexity index is 1010. The van der Waals surface area contributed by atoms with Crippen molar-refractivity contribution in [3.05, 3.63) is 57.0 Å². The lowest BCUT2D eigenvalue weighted by atomic mass is 10.2. The predicted molar refractivity (Wildman–Crippen MR) is 95.9 cm³/mol. The zero-order chi connectivity index (χ0) is 18.1. The van der Waals surface area contributed by atoms with E-state index in [-0.39, 0.29) is 6.54 Å². The minimum Gasteiger partial charge on any atom is -0.389 e. The monoisotopic (exact) mass is 343 g/mol. The number of aromatic nitrogens is 4. The first kappa shape index (κ1) is 17.0. The molecule has 0 aliphatic heterocycles. The largest absolute Gasteiger partial charge is 0.389 e. The van der Waals surface area contributed by atoms with E-state index in [2.05, 4.69) is 10.3 Å². The highest BCUT2D eigenvalue weighted by Gasteiger charge is 2.16. The molecule has 2 N–H and O–H groups in total. The van der Waals surface area contributed by atoms with Gasteiger partial charge in [-0.05, 0) is 19.1 Å². The number of hydrogen-bond donors (Lipinski definition) is 2. The molecule has 0 spiro atoms. The van der Waals surface area contributed by atoms with Crippen molar-refractivity contribution in [1.29, 1.82) is 0 Å². The smallest absolute Gasteiger partial charge is 0.332 e. The van der Waals surface area contributed by atoms with Crippen LogP contribution in [0.2, 0.25) is 0 Å². The number of hydrogen-bond acceptors (Lipinski definition) is 5. The number of anilines is 1. The van der Waals surface area contributed by atoms with Gasteiger partial charge in [0, 0.05) is 26.3 Å². The molecule has 132 valence electrons. The van der Waals surface area contributed by atoms with Gasteiger partial charge in [-0.3, -0.25) is 13.9 Å². The summed E-state index contributed by atoms with van der Waals surface area (Å²) in [5.74, 6) is 0. The number of nitrogens with zero attached hydrogens (tertiary/aromatic N) is 4. The van der Waals surface area contributed by atoms with Crippen LogP contribution in [0.25, 0.3) is 11.2 Å². The number of aliphatic hydroxyl groups is 1. The number of rotatable bonds is 5. The average Bonchev–Trinajstić information content (AvgIpc) is 3.01. The maximum absolute atomic E-state index is 12.4. The van der Waals surface area contributed by atoms with E-state index in [9.17, 15) is 14.7 Å². The van der Waals surface area contributed by atoms with Crippen molar-refractivity contribution >= 4 is 16.9 Å². The van der Waals surface area contributed by atoms with Crippen molar-refractivity contribution in [2.75, 3.05) is 11.9 Å². The van der Waals surface area contributed by atoms with Crippen molar-refractivity contribution in [2.45, 2.75) is 19.6 Å². The molecule has 2 heterocycles. The Morgan fingerprint density at radius 3 is 2.52 bits per heavy atom. The third-order valence-electron chi connectivity index (χ3n) is 4.22.